The monoisotopic (exact) mass is 235 g/mol. The van der Waals surface area contributed by atoms with Gasteiger partial charge >= 0.3 is 0 Å². The molecule has 1 aliphatic rings. The second-order valence-electron chi connectivity index (χ2n) is 3.29. The van der Waals surface area contributed by atoms with Gasteiger partial charge in [0.25, 0.3) is 5.91 Å². The summed E-state index contributed by atoms with van der Waals surface area (Å²) in [7, 11) is 1.09. The lowest BCUT2D eigenvalue weighted by Gasteiger charge is -2.44. The first-order chi connectivity index (χ1) is 7.52. The molecule has 9 heteroatoms. The van der Waals surface area contributed by atoms with Crippen LogP contribution in [0.25, 0.3) is 10.4 Å². The van der Waals surface area contributed by atoms with E-state index in [4.69, 9.17) is 20.1 Å². The van der Waals surface area contributed by atoms with Gasteiger partial charge in [0.2, 0.25) is 0 Å². The van der Waals surface area contributed by atoms with Crippen LogP contribution in [0.4, 0.5) is 0 Å². The van der Waals surface area contributed by atoms with Crippen molar-refractivity contribution in [2.75, 3.05) is 13.7 Å². The van der Waals surface area contributed by atoms with Crippen LogP contribution in [0, 0.1) is 0 Å². The van der Waals surface area contributed by atoms with Gasteiger partial charge in [0.15, 0.2) is 0 Å². The highest BCUT2D eigenvalue weighted by Crippen LogP contribution is 2.31. The Hall–Kier alpha value is -0.930. The summed E-state index contributed by atoms with van der Waals surface area (Å²) in [6, 6.07) is 0. The highest BCUT2D eigenvalue weighted by Gasteiger charge is 2.53. The fourth-order valence-electron chi connectivity index (χ4n) is 1.48. The van der Waals surface area contributed by atoms with Crippen LogP contribution < -0.4 is 0 Å². The van der Waals surface area contributed by atoms with Gasteiger partial charge in [-0.2, -0.15) is 0 Å². The Balaban J connectivity index is 3.05. The highest BCUT2D eigenvalue weighted by molar-refractivity contribution is 4.95. The molecule has 1 rings (SSSR count). The van der Waals surface area contributed by atoms with Crippen LogP contribution in [-0.2, 0) is 9.47 Å². The molecule has 0 aliphatic carbocycles. The molecule has 1 aliphatic heterocycles. The number of methoxy groups -OCH3 is 1. The summed E-state index contributed by atoms with van der Waals surface area (Å²) in [5.74, 6) is -2.15. The fraction of sp³-hybridized carbons (Fsp3) is 1.00. The van der Waals surface area contributed by atoms with Gasteiger partial charge in [-0.15, -0.1) is 0 Å². The van der Waals surface area contributed by atoms with Crippen LogP contribution in [0.5, 0.6) is 0 Å². The standard InChI is InChI=1S/C7H13N3O6/c1-15-7(9-10-8)6(14)5(13)4(12)3(2-11)16-7/h3-6,11-14H,2H2,1H3/t3-,4-,5+,6-,7-/m1/s1. The summed E-state index contributed by atoms with van der Waals surface area (Å²) in [6.07, 6.45) is -6.14. The lowest BCUT2D eigenvalue weighted by molar-refractivity contribution is -0.354. The van der Waals surface area contributed by atoms with Crippen molar-refractivity contribution in [1.29, 1.82) is 0 Å². The van der Waals surface area contributed by atoms with E-state index in [-0.39, 0.29) is 0 Å². The zero-order chi connectivity index (χ0) is 12.3. The summed E-state index contributed by atoms with van der Waals surface area (Å²) in [5, 5.41) is 40.5. The molecule has 0 radical (unpaired) electrons. The van der Waals surface area contributed by atoms with Crippen molar-refractivity contribution >= 4 is 0 Å². The molecular formula is C7H13N3O6. The molecule has 4 N–H and O–H groups in total. The van der Waals surface area contributed by atoms with E-state index in [9.17, 15) is 15.3 Å². The summed E-state index contributed by atoms with van der Waals surface area (Å²) >= 11 is 0. The normalized spacial score (nSPS) is 43.8. The van der Waals surface area contributed by atoms with Crippen molar-refractivity contribution in [3.63, 3.8) is 0 Å². The smallest absolute Gasteiger partial charge is 0.279 e. The minimum absolute atomic E-state index is 0.628. The third-order valence-corrected chi connectivity index (χ3v) is 2.40. The van der Waals surface area contributed by atoms with Crippen molar-refractivity contribution in [2.45, 2.75) is 30.3 Å². The predicted octanol–water partition coefficient (Wildman–Crippen LogP) is -1.93. The molecule has 0 bridgehead atoms. The van der Waals surface area contributed by atoms with Gasteiger partial charge in [0.05, 0.1) is 6.61 Å². The SMILES string of the molecule is CO[C@@]1(N=[N+]=[N-])O[C@H](CO)[C@@H](O)[C@H](O)[C@H]1O. The number of aliphatic hydroxyl groups is 4. The molecule has 1 heterocycles. The number of ether oxygens (including phenoxy) is 2. The maximum atomic E-state index is 9.60. The quantitative estimate of drug-likeness (QED) is 0.254. The summed E-state index contributed by atoms with van der Waals surface area (Å²) in [5.41, 5.74) is 8.32. The molecule has 0 spiro atoms. The lowest BCUT2D eigenvalue weighted by Crippen LogP contribution is -2.64. The molecule has 0 aromatic rings. The van der Waals surface area contributed by atoms with E-state index in [0.717, 1.165) is 7.11 Å². The summed E-state index contributed by atoms with van der Waals surface area (Å²) in [6.45, 7) is -0.628. The molecular weight excluding hydrogens is 222 g/mol. The van der Waals surface area contributed by atoms with Gasteiger partial charge < -0.3 is 29.9 Å². The second-order valence-corrected chi connectivity index (χ2v) is 3.29. The second kappa shape index (κ2) is 4.93. The number of nitrogens with zero attached hydrogens (tertiary/aromatic N) is 3. The van der Waals surface area contributed by atoms with Crippen LogP contribution >= 0.6 is 0 Å². The number of hydrogen-bond donors (Lipinski definition) is 4. The molecule has 0 aromatic heterocycles. The minimum Gasteiger partial charge on any atom is -0.394 e. The Morgan fingerprint density at radius 2 is 2.06 bits per heavy atom. The first-order valence-electron chi connectivity index (χ1n) is 4.46. The summed E-state index contributed by atoms with van der Waals surface area (Å²) < 4.78 is 9.66. The summed E-state index contributed by atoms with van der Waals surface area (Å²) in [4.78, 5) is 2.42. The maximum absolute atomic E-state index is 9.60. The van der Waals surface area contributed by atoms with Crippen LogP contribution in [0.3, 0.4) is 0 Å². The van der Waals surface area contributed by atoms with Gasteiger partial charge in [-0.1, -0.05) is 0 Å². The molecule has 92 valence electrons. The highest BCUT2D eigenvalue weighted by atomic mass is 16.7. The average molecular weight is 235 g/mol. The molecule has 5 atom stereocenters. The lowest BCUT2D eigenvalue weighted by atomic mass is 9.97. The van der Waals surface area contributed by atoms with Crippen molar-refractivity contribution in [3.05, 3.63) is 10.4 Å². The minimum atomic E-state index is -2.15. The van der Waals surface area contributed by atoms with Crippen LogP contribution in [-0.4, -0.2) is 64.5 Å². The number of azide groups is 1. The molecule has 1 fully saturated rings. The first kappa shape index (κ1) is 13.1. The number of aliphatic hydroxyl groups excluding tert-OH is 4. The van der Waals surface area contributed by atoms with E-state index >= 15 is 0 Å². The molecule has 0 amide bonds. The third-order valence-electron chi connectivity index (χ3n) is 2.40. The van der Waals surface area contributed by atoms with Crippen LogP contribution in [0.15, 0.2) is 5.11 Å². The molecule has 0 unspecified atom stereocenters. The zero-order valence-corrected chi connectivity index (χ0v) is 8.46. The van der Waals surface area contributed by atoms with E-state index in [2.05, 4.69) is 10.0 Å². The van der Waals surface area contributed by atoms with Crippen molar-refractivity contribution < 1.29 is 29.9 Å². The van der Waals surface area contributed by atoms with E-state index in [1.54, 1.807) is 0 Å². The van der Waals surface area contributed by atoms with Crippen molar-refractivity contribution in [3.8, 4) is 0 Å². The van der Waals surface area contributed by atoms with E-state index < -0.39 is 36.9 Å². The number of rotatable bonds is 3. The third kappa shape index (κ3) is 1.97. The first-order valence-corrected chi connectivity index (χ1v) is 4.46. The van der Waals surface area contributed by atoms with Crippen LogP contribution in [0.2, 0.25) is 0 Å². The van der Waals surface area contributed by atoms with E-state index in [0.29, 0.717) is 0 Å². The Kier molecular flexibility index (Phi) is 4.05. The molecule has 16 heavy (non-hydrogen) atoms. The predicted molar refractivity (Wildman–Crippen MR) is 48.9 cm³/mol. The maximum Gasteiger partial charge on any atom is 0.279 e. The molecule has 1 saturated heterocycles. The Morgan fingerprint density at radius 1 is 1.44 bits per heavy atom. The van der Waals surface area contributed by atoms with E-state index in [1.807, 2.05) is 0 Å². The van der Waals surface area contributed by atoms with E-state index in [1.165, 1.54) is 0 Å². The Labute approximate surface area is 90.5 Å². The van der Waals surface area contributed by atoms with Crippen LogP contribution in [0.1, 0.15) is 0 Å². The van der Waals surface area contributed by atoms with Crippen molar-refractivity contribution in [1.82, 2.24) is 0 Å². The number of hydrogen-bond acceptors (Lipinski definition) is 7. The average Bonchev–Trinajstić information content (AvgIpc) is 2.30. The largest absolute Gasteiger partial charge is 0.394 e. The molecule has 0 saturated carbocycles. The molecule has 0 aromatic carbocycles. The Bertz CT molecular complexity index is 294. The topological polar surface area (TPSA) is 148 Å². The van der Waals surface area contributed by atoms with Gasteiger partial charge in [0, 0.05) is 12.0 Å². The fourth-order valence-corrected chi connectivity index (χ4v) is 1.48. The van der Waals surface area contributed by atoms with Gasteiger partial charge in [0.1, 0.15) is 24.4 Å². The van der Waals surface area contributed by atoms with Gasteiger partial charge in [-0.25, -0.2) is 0 Å². The zero-order valence-electron chi connectivity index (χ0n) is 8.46. The van der Waals surface area contributed by atoms with Crippen molar-refractivity contribution in [2.24, 2.45) is 5.11 Å². The van der Waals surface area contributed by atoms with Gasteiger partial charge in [-0.3, -0.25) is 0 Å². The van der Waals surface area contributed by atoms with Gasteiger partial charge in [-0.05, 0) is 10.6 Å². The Morgan fingerprint density at radius 3 is 2.50 bits per heavy atom. The molecule has 9 nitrogen and oxygen atoms in total.